The van der Waals surface area contributed by atoms with Crippen LogP contribution in [0.4, 0.5) is 0 Å². The van der Waals surface area contributed by atoms with Gasteiger partial charge in [0.1, 0.15) is 0 Å². The van der Waals surface area contributed by atoms with Crippen molar-refractivity contribution < 1.29 is 0 Å². The molecular formula is C15H36AsPSi2. The molecule has 0 aromatic heterocycles. The van der Waals surface area contributed by atoms with Crippen LogP contribution in [0.15, 0.2) is 0 Å². The van der Waals surface area contributed by atoms with Gasteiger partial charge in [0.25, 0.3) is 0 Å². The first-order valence-corrected chi connectivity index (χ1v) is 19.6. The van der Waals surface area contributed by atoms with Crippen LogP contribution in [0.5, 0.6) is 0 Å². The van der Waals surface area contributed by atoms with Crippen molar-refractivity contribution in [2.45, 2.75) is 89.2 Å². The van der Waals surface area contributed by atoms with E-state index >= 15 is 0 Å². The Morgan fingerprint density at radius 1 is 0.684 bits per heavy atom. The summed E-state index contributed by atoms with van der Waals surface area (Å²) in [6.45, 7) is 32.1. The maximum absolute atomic E-state index is 2.56. The van der Waals surface area contributed by atoms with Crippen LogP contribution < -0.4 is 0 Å². The van der Waals surface area contributed by atoms with Gasteiger partial charge in [0.15, 0.2) is 0 Å². The quantitative estimate of drug-likeness (QED) is 0.391. The van der Waals surface area contributed by atoms with E-state index in [0.29, 0.717) is 8.41 Å². The predicted octanol–water partition coefficient (Wildman–Crippen LogP) is 6.45. The van der Waals surface area contributed by atoms with E-state index in [4.69, 9.17) is 0 Å². The van der Waals surface area contributed by atoms with Gasteiger partial charge in [-0.15, -0.1) is 0 Å². The van der Waals surface area contributed by atoms with Gasteiger partial charge in [-0.05, 0) is 0 Å². The molecule has 0 fully saturated rings. The molecule has 0 aromatic rings. The van der Waals surface area contributed by atoms with Gasteiger partial charge in [-0.1, -0.05) is 0 Å². The molecule has 0 nitrogen and oxygen atoms in total. The Morgan fingerprint density at radius 2 is 0.947 bits per heavy atom. The van der Waals surface area contributed by atoms with Gasteiger partial charge in [0.05, 0.1) is 0 Å². The Kier molecular flexibility index (Phi) is 6.48. The van der Waals surface area contributed by atoms with E-state index in [2.05, 4.69) is 80.8 Å². The molecule has 114 valence electrons. The standard InChI is InChI=1S/C15H36AsPSi2/c1-14(2,3)16(15(4,5)6)17-13(18(7,8)9)19(10,11)12/h1-12H3. The van der Waals surface area contributed by atoms with E-state index in [1.54, 1.807) is 6.76 Å². The third-order valence-corrected chi connectivity index (χ3v) is 31.9. The minimum absolute atomic E-state index is 0.525. The number of rotatable bonds is 3. The minimum atomic E-state index is -1.14. The second kappa shape index (κ2) is 6.11. The monoisotopic (exact) mass is 378 g/mol. The summed E-state index contributed by atoms with van der Waals surface area (Å²) in [7, 11) is -2.28. The zero-order chi connectivity index (χ0) is 15.9. The average Bonchev–Trinajstić information content (AvgIpc) is 1.91. The van der Waals surface area contributed by atoms with Crippen LogP contribution in [-0.4, -0.2) is 34.9 Å². The average molecular weight is 379 g/mol. The second-order valence-corrected chi connectivity index (χ2v) is 31.9. The van der Waals surface area contributed by atoms with Crippen molar-refractivity contribution in [1.29, 1.82) is 0 Å². The summed E-state index contributed by atoms with van der Waals surface area (Å²) in [5, 5.41) is 0. The molecule has 0 rings (SSSR count). The van der Waals surface area contributed by atoms with Gasteiger partial charge in [0.2, 0.25) is 0 Å². The van der Waals surface area contributed by atoms with Crippen LogP contribution >= 0.6 is 6.76 Å². The van der Waals surface area contributed by atoms with Crippen LogP contribution in [-0.2, 0) is 0 Å². The van der Waals surface area contributed by atoms with Crippen LogP contribution in [0.2, 0.25) is 47.7 Å². The zero-order valence-electron chi connectivity index (χ0n) is 15.4. The molecule has 0 radical (unpaired) electrons. The zero-order valence-corrected chi connectivity index (χ0v) is 20.2. The van der Waals surface area contributed by atoms with Crippen molar-refractivity contribution in [3.05, 3.63) is 0 Å². The first-order chi connectivity index (χ1) is 7.97. The maximum atomic E-state index is 2.56. The van der Waals surface area contributed by atoms with E-state index in [0.717, 1.165) is 0 Å². The van der Waals surface area contributed by atoms with E-state index in [-0.39, 0.29) is 0 Å². The van der Waals surface area contributed by atoms with Crippen LogP contribution in [0.1, 0.15) is 41.5 Å². The summed E-state index contributed by atoms with van der Waals surface area (Å²) >= 11 is -0.944. The van der Waals surface area contributed by atoms with Crippen LogP contribution in [0, 0.1) is 0 Å². The topological polar surface area (TPSA) is 0 Å². The summed E-state index contributed by atoms with van der Waals surface area (Å²) in [6, 6.07) is 0. The summed E-state index contributed by atoms with van der Waals surface area (Å²) < 4.78 is 3.07. The molecule has 0 aliphatic heterocycles. The summed E-state index contributed by atoms with van der Waals surface area (Å²) in [5.74, 6) is 0. The predicted molar refractivity (Wildman–Crippen MR) is 104 cm³/mol. The fourth-order valence-corrected chi connectivity index (χ4v) is 38.7. The van der Waals surface area contributed by atoms with E-state index in [9.17, 15) is 0 Å². The Hall–Kier alpha value is 1.16. The summed E-state index contributed by atoms with van der Waals surface area (Å²) in [5.41, 5.74) is 0. The van der Waals surface area contributed by atoms with E-state index in [1.807, 2.05) is 4.54 Å². The third kappa shape index (κ3) is 6.64. The van der Waals surface area contributed by atoms with Gasteiger partial charge in [-0.3, -0.25) is 0 Å². The SMILES string of the molecule is CC(C)(C)[As](P=C([Si](C)(C)C)[Si](C)(C)C)C(C)(C)C. The molecule has 0 aliphatic carbocycles. The van der Waals surface area contributed by atoms with Crippen molar-refractivity contribution in [1.82, 2.24) is 0 Å². The fraction of sp³-hybridized carbons (Fsp3) is 0.933. The van der Waals surface area contributed by atoms with Gasteiger partial charge in [-0.25, -0.2) is 0 Å². The first kappa shape index (κ1) is 20.2. The van der Waals surface area contributed by atoms with Gasteiger partial charge in [-0.2, -0.15) is 0 Å². The van der Waals surface area contributed by atoms with Crippen molar-refractivity contribution >= 4 is 41.6 Å². The van der Waals surface area contributed by atoms with E-state index in [1.165, 1.54) is 0 Å². The van der Waals surface area contributed by atoms with Crippen LogP contribution in [0.25, 0.3) is 0 Å². The van der Waals surface area contributed by atoms with Crippen molar-refractivity contribution in [2.75, 3.05) is 0 Å². The van der Waals surface area contributed by atoms with Gasteiger partial charge in [0, 0.05) is 0 Å². The van der Waals surface area contributed by atoms with Crippen molar-refractivity contribution in [2.24, 2.45) is 0 Å². The normalized spacial score (nSPS) is 15.2. The molecule has 0 bridgehead atoms. The molecular weight excluding hydrogens is 342 g/mol. The van der Waals surface area contributed by atoms with Gasteiger partial charge < -0.3 is 0 Å². The fourth-order valence-electron chi connectivity index (χ4n) is 2.83. The molecule has 0 amide bonds. The molecule has 19 heavy (non-hydrogen) atoms. The molecule has 0 saturated carbocycles. The molecule has 0 saturated heterocycles. The Labute approximate surface area is 130 Å². The van der Waals surface area contributed by atoms with E-state index < -0.39 is 30.3 Å². The molecule has 0 spiro atoms. The number of hydrogen-bond acceptors (Lipinski definition) is 0. The number of hydrogen-bond donors (Lipinski definition) is 0. The molecule has 0 unspecified atom stereocenters. The first-order valence-electron chi connectivity index (χ1n) is 7.37. The Balaban J connectivity index is 5.91. The second-order valence-electron chi connectivity index (χ2n) is 9.60. The Morgan fingerprint density at radius 3 is 1.11 bits per heavy atom. The molecule has 0 heterocycles. The van der Waals surface area contributed by atoms with Gasteiger partial charge >= 0.3 is 131 Å². The third-order valence-electron chi connectivity index (χ3n) is 2.89. The van der Waals surface area contributed by atoms with Crippen LogP contribution in [0.3, 0.4) is 0 Å². The summed E-state index contributed by atoms with van der Waals surface area (Å²) in [6.07, 6.45) is 0. The molecule has 4 heteroatoms. The molecule has 0 aromatic carbocycles. The van der Waals surface area contributed by atoms with Crippen molar-refractivity contribution in [3.8, 4) is 0 Å². The van der Waals surface area contributed by atoms with Crippen molar-refractivity contribution in [3.63, 3.8) is 0 Å². The Bertz CT molecular complexity index is 305. The molecule has 0 atom stereocenters. The molecule has 0 N–H and O–H groups in total. The summed E-state index contributed by atoms with van der Waals surface area (Å²) in [4.78, 5) is 0. The molecule has 0 aliphatic rings.